The van der Waals surface area contributed by atoms with E-state index in [1.54, 1.807) is 6.92 Å². The molecule has 2 aliphatic rings. The number of fused-ring (bicyclic) bond motifs is 3. The van der Waals surface area contributed by atoms with Gasteiger partial charge in [-0.25, -0.2) is 9.59 Å². The lowest BCUT2D eigenvalue weighted by atomic mass is 9.98. The van der Waals surface area contributed by atoms with E-state index in [-0.39, 0.29) is 12.5 Å². The number of nitrogens with one attached hydrogen (secondary N) is 1. The Hall–Kier alpha value is -3.35. The van der Waals surface area contributed by atoms with Crippen molar-refractivity contribution in [1.82, 2.24) is 10.2 Å². The zero-order chi connectivity index (χ0) is 22.7. The van der Waals surface area contributed by atoms with Crippen molar-refractivity contribution in [1.29, 1.82) is 0 Å². The van der Waals surface area contributed by atoms with E-state index in [1.165, 1.54) is 4.90 Å². The van der Waals surface area contributed by atoms with E-state index < -0.39 is 30.1 Å². The van der Waals surface area contributed by atoms with Crippen LogP contribution in [0.3, 0.4) is 0 Å². The number of amides is 2. The first kappa shape index (κ1) is 21.9. The number of carbonyl (C=O) groups is 3. The van der Waals surface area contributed by atoms with Crippen molar-refractivity contribution in [3.63, 3.8) is 0 Å². The van der Waals surface area contributed by atoms with Gasteiger partial charge in [-0.05, 0) is 42.0 Å². The van der Waals surface area contributed by atoms with Gasteiger partial charge in [-0.2, -0.15) is 0 Å². The Morgan fingerprint density at radius 3 is 2.28 bits per heavy atom. The molecule has 0 bridgehead atoms. The minimum Gasteiger partial charge on any atom is -0.480 e. The standard InChI is InChI=1S/C25H28N2O5/c1-16(23(28)27-14-8-2-3-13-22(27)24(29)30)26-25(31)32-15-21-19-11-6-4-9-17(19)18-10-5-7-12-20(18)21/h4-7,9-12,16,21-22H,2-3,8,13-15H2,1H3,(H,26,31)(H,29,30)/t16-,22?/m0/s1. The Kier molecular flexibility index (Phi) is 6.44. The number of carbonyl (C=O) groups excluding carboxylic acids is 2. The molecule has 168 valence electrons. The highest BCUT2D eigenvalue weighted by Gasteiger charge is 2.34. The molecule has 1 saturated heterocycles. The predicted molar refractivity (Wildman–Crippen MR) is 119 cm³/mol. The van der Waals surface area contributed by atoms with Crippen molar-refractivity contribution in [2.75, 3.05) is 13.2 Å². The van der Waals surface area contributed by atoms with Crippen LogP contribution in [0.25, 0.3) is 11.1 Å². The Morgan fingerprint density at radius 1 is 1.03 bits per heavy atom. The van der Waals surface area contributed by atoms with E-state index in [0.717, 1.165) is 41.5 Å². The average molecular weight is 437 g/mol. The van der Waals surface area contributed by atoms with E-state index in [0.29, 0.717) is 13.0 Å². The number of carboxylic acid groups (broad SMARTS) is 1. The fraction of sp³-hybridized carbons (Fsp3) is 0.400. The third-order valence-electron chi connectivity index (χ3n) is 6.37. The molecule has 0 aromatic heterocycles. The highest BCUT2D eigenvalue weighted by molar-refractivity contribution is 5.89. The van der Waals surface area contributed by atoms with Gasteiger partial charge in [0.1, 0.15) is 18.7 Å². The normalized spacial score (nSPS) is 18.8. The number of hydrogen-bond acceptors (Lipinski definition) is 4. The zero-order valence-corrected chi connectivity index (χ0v) is 18.1. The molecule has 1 unspecified atom stereocenters. The number of nitrogens with zero attached hydrogens (tertiary/aromatic N) is 1. The fourth-order valence-corrected chi connectivity index (χ4v) is 4.76. The van der Waals surface area contributed by atoms with Crippen LogP contribution in [0, 0.1) is 0 Å². The van der Waals surface area contributed by atoms with Gasteiger partial charge >= 0.3 is 12.1 Å². The minimum absolute atomic E-state index is 0.0684. The Morgan fingerprint density at radius 2 is 1.66 bits per heavy atom. The van der Waals surface area contributed by atoms with E-state index in [2.05, 4.69) is 17.4 Å². The summed E-state index contributed by atoms with van der Waals surface area (Å²) < 4.78 is 5.51. The molecule has 0 spiro atoms. The summed E-state index contributed by atoms with van der Waals surface area (Å²) in [7, 11) is 0. The topological polar surface area (TPSA) is 95.9 Å². The number of alkyl carbamates (subject to hydrolysis) is 1. The summed E-state index contributed by atoms with van der Waals surface area (Å²) in [5.74, 6) is -1.47. The average Bonchev–Trinajstić information content (AvgIpc) is 2.93. The van der Waals surface area contributed by atoms with Crippen LogP contribution in [-0.4, -0.2) is 53.2 Å². The van der Waals surface area contributed by atoms with Crippen molar-refractivity contribution in [3.05, 3.63) is 59.7 Å². The van der Waals surface area contributed by atoms with E-state index in [4.69, 9.17) is 4.74 Å². The second kappa shape index (κ2) is 9.42. The smallest absolute Gasteiger partial charge is 0.407 e. The van der Waals surface area contributed by atoms with Crippen molar-refractivity contribution >= 4 is 18.0 Å². The summed E-state index contributed by atoms with van der Waals surface area (Å²) in [6.45, 7) is 2.10. The van der Waals surface area contributed by atoms with Crippen LogP contribution < -0.4 is 5.32 Å². The van der Waals surface area contributed by atoms with Crippen LogP contribution in [0.5, 0.6) is 0 Å². The molecular formula is C25H28N2O5. The first-order chi connectivity index (χ1) is 15.5. The van der Waals surface area contributed by atoms with Crippen LogP contribution in [-0.2, 0) is 14.3 Å². The third-order valence-corrected chi connectivity index (χ3v) is 6.37. The Balaban J connectivity index is 1.39. The molecule has 0 saturated carbocycles. The van der Waals surface area contributed by atoms with Crippen molar-refractivity contribution < 1.29 is 24.2 Å². The number of benzene rings is 2. The minimum atomic E-state index is -1.01. The molecule has 7 heteroatoms. The number of carboxylic acids is 1. The first-order valence-corrected chi connectivity index (χ1v) is 11.1. The van der Waals surface area contributed by atoms with Crippen molar-refractivity contribution in [3.8, 4) is 11.1 Å². The molecule has 7 nitrogen and oxygen atoms in total. The zero-order valence-electron chi connectivity index (χ0n) is 18.1. The molecule has 2 N–H and O–H groups in total. The van der Waals surface area contributed by atoms with Crippen LogP contribution in [0.1, 0.15) is 49.7 Å². The van der Waals surface area contributed by atoms with E-state index in [9.17, 15) is 19.5 Å². The fourth-order valence-electron chi connectivity index (χ4n) is 4.76. The second-order valence-corrected chi connectivity index (χ2v) is 8.43. The first-order valence-electron chi connectivity index (χ1n) is 11.1. The maximum Gasteiger partial charge on any atom is 0.407 e. The number of aliphatic carboxylic acids is 1. The molecule has 1 heterocycles. The summed E-state index contributed by atoms with van der Waals surface area (Å²) in [6.07, 6.45) is 2.16. The second-order valence-electron chi connectivity index (χ2n) is 8.43. The van der Waals surface area contributed by atoms with Gasteiger partial charge in [-0.1, -0.05) is 61.4 Å². The van der Waals surface area contributed by atoms with Gasteiger partial charge < -0.3 is 20.1 Å². The van der Waals surface area contributed by atoms with Gasteiger partial charge in [-0.3, -0.25) is 4.79 Å². The highest BCUT2D eigenvalue weighted by atomic mass is 16.5. The molecular weight excluding hydrogens is 408 g/mol. The summed E-state index contributed by atoms with van der Waals surface area (Å²) in [5.41, 5.74) is 4.50. The molecule has 2 amide bonds. The summed E-state index contributed by atoms with van der Waals surface area (Å²) >= 11 is 0. The highest BCUT2D eigenvalue weighted by Crippen LogP contribution is 2.44. The van der Waals surface area contributed by atoms with Gasteiger partial charge in [0.2, 0.25) is 5.91 Å². The number of ether oxygens (including phenoxy) is 1. The third kappa shape index (κ3) is 4.33. The monoisotopic (exact) mass is 436 g/mol. The number of likely N-dealkylation sites (tertiary alicyclic amines) is 1. The largest absolute Gasteiger partial charge is 0.480 e. The summed E-state index contributed by atoms with van der Waals surface area (Å²) in [4.78, 5) is 38.4. The van der Waals surface area contributed by atoms with E-state index in [1.807, 2.05) is 36.4 Å². The molecule has 4 rings (SSSR count). The van der Waals surface area contributed by atoms with Crippen LogP contribution in [0.4, 0.5) is 4.79 Å². The molecule has 2 aromatic rings. The van der Waals surface area contributed by atoms with Crippen LogP contribution in [0.2, 0.25) is 0 Å². The molecule has 2 aromatic carbocycles. The Labute approximate surface area is 187 Å². The summed E-state index contributed by atoms with van der Waals surface area (Å²) in [6, 6.07) is 14.4. The molecule has 32 heavy (non-hydrogen) atoms. The van der Waals surface area contributed by atoms with Gasteiger partial charge in [0.15, 0.2) is 0 Å². The molecule has 1 fully saturated rings. The molecule has 2 atom stereocenters. The molecule has 1 aliphatic heterocycles. The lowest BCUT2D eigenvalue weighted by Crippen LogP contribution is -2.52. The Bertz CT molecular complexity index is 975. The number of hydrogen-bond donors (Lipinski definition) is 2. The summed E-state index contributed by atoms with van der Waals surface area (Å²) in [5, 5.41) is 12.1. The lowest BCUT2D eigenvalue weighted by Gasteiger charge is -2.29. The van der Waals surface area contributed by atoms with Crippen LogP contribution >= 0.6 is 0 Å². The van der Waals surface area contributed by atoms with Gasteiger partial charge in [-0.15, -0.1) is 0 Å². The van der Waals surface area contributed by atoms with Gasteiger partial charge in [0, 0.05) is 12.5 Å². The number of rotatable bonds is 5. The maximum absolute atomic E-state index is 12.9. The quantitative estimate of drug-likeness (QED) is 0.744. The molecule has 0 radical (unpaired) electrons. The van der Waals surface area contributed by atoms with E-state index >= 15 is 0 Å². The van der Waals surface area contributed by atoms with Crippen molar-refractivity contribution in [2.24, 2.45) is 0 Å². The predicted octanol–water partition coefficient (Wildman–Crippen LogP) is 3.77. The SMILES string of the molecule is C[C@H](NC(=O)OCC1c2ccccc2-c2ccccc21)C(=O)N1CCCCCC1C(=O)O. The molecule has 1 aliphatic carbocycles. The van der Waals surface area contributed by atoms with Crippen molar-refractivity contribution in [2.45, 2.75) is 50.6 Å². The van der Waals surface area contributed by atoms with Gasteiger partial charge in [0.05, 0.1) is 0 Å². The van der Waals surface area contributed by atoms with Gasteiger partial charge in [0.25, 0.3) is 0 Å². The lowest BCUT2D eigenvalue weighted by molar-refractivity contribution is -0.150. The maximum atomic E-state index is 12.9. The van der Waals surface area contributed by atoms with Crippen LogP contribution in [0.15, 0.2) is 48.5 Å².